The van der Waals surface area contributed by atoms with Crippen LogP contribution in [-0.4, -0.2) is 31.4 Å². The average molecular weight is 515 g/mol. The molecule has 37 heavy (non-hydrogen) atoms. The van der Waals surface area contributed by atoms with Gasteiger partial charge in [0.1, 0.15) is 11.5 Å². The molecule has 1 atom stereocenters. The van der Waals surface area contributed by atoms with Crippen molar-refractivity contribution in [1.29, 1.82) is 0 Å². The van der Waals surface area contributed by atoms with Gasteiger partial charge in [-0.3, -0.25) is 9.36 Å². The van der Waals surface area contributed by atoms with E-state index in [-0.39, 0.29) is 12.2 Å². The Bertz CT molecular complexity index is 1730. The average Bonchev–Trinajstić information content (AvgIpc) is 3.22. The molecule has 2 heterocycles. The molecule has 0 amide bonds. The minimum absolute atomic E-state index is 0.222. The van der Waals surface area contributed by atoms with Crippen molar-refractivity contribution >= 4 is 34.2 Å². The second-order valence-corrected chi connectivity index (χ2v) is 9.49. The van der Waals surface area contributed by atoms with Gasteiger partial charge in [-0.15, -0.1) is 0 Å². The van der Waals surface area contributed by atoms with Crippen molar-refractivity contribution in [3.05, 3.63) is 103 Å². The number of aromatic nitrogens is 1. The van der Waals surface area contributed by atoms with Gasteiger partial charge in [0.15, 0.2) is 4.80 Å². The lowest BCUT2D eigenvalue weighted by Crippen LogP contribution is -2.40. The molecule has 0 spiro atoms. The van der Waals surface area contributed by atoms with E-state index in [0.29, 0.717) is 32.1 Å². The first-order chi connectivity index (χ1) is 18.0. The smallest absolute Gasteiger partial charge is 0.338 e. The molecule has 7 nitrogen and oxygen atoms in total. The third-order valence-corrected chi connectivity index (χ3v) is 7.35. The molecule has 0 radical (unpaired) electrons. The number of esters is 1. The minimum atomic E-state index is -0.679. The summed E-state index contributed by atoms with van der Waals surface area (Å²) in [6, 6.07) is 18.6. The number of carbonyl (C=O) groups is 1. The van der Waals surface area contributed by atoms with E-state index in [1.165, 1.54) is 11.3 Å². The lowest BCUT2D eigenvalue weighted by Gasteiger charge is -2.25. The summed E-state index contributed by atoms with van der Waals surface area (Å²) in [5.41, 5.74) is 2.22. The first kappa shape index (κ1) is 24.5. The SMILES string of the molecule is CCOC(=O)C1=C(C)N=c2s/c(=C/c3ccc(OC)cc3OC)c(=O)n2[C@H]1c1cccc2ccccc12. The molecule has 4 aromatic rings. The molecule has 5 rings (SSSR count). The van der Waals surface area contributed by atoms with Crippen molar-refractivity contribution in [2.45, 2.75) is 19.9 Å². The molecule has 0 unspecified atom stereocenters. The number of methoxy groups -OCH3 is 2. The highest BCUT2D eigenvalue weighted by Crippen LogP contribution is 2.35. The highest BCUT2D eigenvalue weighted by atomic mass is 32.1. The maximum absolute atomic E-state index is 13.9. The molecule has 0 saturated carbocycles. The molecule has 3 aromatic carbocycles. The molecule has 0 bridgehead atoms. The van der Waals surface area contributed by atoms with Crippen LogP contribution in [0.5, 0.6) is 11.5 Å². The predicted octanol–water partition coefficient (Wildman–Crippen LogP) is 3.97. The number of carbonyl (C=O) groups excluding carboxylic acids is 1. The summed E-state index contributed by atoms with van der Waals surface area (Å²) in [5, 5.41) is 1.97. The topological polar surface area (TPSA) is 79.1 Å². The van der Waals surface area contributed by atoms with E-state index < -0.39 is 12.0 Å². The Morgan fingerprint density at radius 2 is 1.86 bits per heavy atom. The normalized spacial score (nSPS) is 15.4. The van der Waals surface area contributed by atoms with Gasteiger partial charge in [-0.25, -0.2) is 9.79 Å². The first-order valence-corrected chi connectivity index (χ1v) is 12.7. The highest BCUT2D eigenvalue weighted by Gasteiger charge is 2.34. The molecule has 0 saturated heterocycles. The number of fused-ring (bicyclic) bond motifs is 2. The van der Waals surface area contributed by atoms with Crippen molar-refractivity contribution in [2.75, 3.05) is 20.8 Å². The molecule has 0 aliphatic carbocycles. The molecule has 1 aliphatic heterocycles. The van der Waals surface area contributed by atoms with Gasteiger partial charge in [0.25, 0.3) is 5.56 Å². The number of hydrogen-bond acceptors (Lipinski definition) is 7. The van der Waals surface area contributed by atoms with Gasteiger partial charge in [-0.2, -0.15) is 0 Å². The molecule has 1 aliphatic rings. The Labute approximate surface area is 217 Å². The Hall–Kier alpha value is -4.17. The summed E-state index contributed by atoms with van der Waals surface area (Å²) in [5.74, 6) is 0.757. The van der Waals surface area contributed by atoms with Gasteiger partial charge in [0.05, 0.1) is 42.7 Å². The number of ether oxygens (including phenoxy) is 3. The van der Waals surface area contributed by atoms with Crippen LogP contribution in [0.15, 0.2) is 81.7 Å². The van der Waals surface area contributed by atoms with Gasteiger partial charge in [0.2, 0.25) is 0 Å². The van der Waals surface area contributed by atoms with Gasteiger partial charge in [-0.1, -0.05) is 53.8 Å². The van der Waals surface area contributed by atoms with Gasteiger partial charge in [-0.05, 0) is 48.4 Å². The van der Waals surface area contributed by atoms with E-state index in [1.54, 1.807) is 44.8 Å². The van der Waals surface area contributed by atoms with E-state index >= 15 is 0 Å². The van der Waals surface area contributed by atoms with Crippen molar-refractivity contribution in [3.63, 3.8) is 0 Å². The zero-order valence-electron chi connectivity index (χ0n) is 21.0. The standard InChI is InChI=1S/C29H26N2O5S/c1-5-36-28(33)25-17(2)30-29-31(26(25)22-12-8-10-18-9-6-7-11-21(18)22)27(32)24(37-29)15-19-13-14-20(34-3)16-23(19)35-4/h6-16,26H,5H2,1-4H3/b24-15+/t26-/m0/s1. The molecule has 188 valence electrons. The van der Waals surface area contributed by atoms with Crippen molar-refractivity contribution < 1.29 is 19.0 Å². The van der Waals surface area contributed by atoms with E-state index in [0.717, 1.165) is 21.9 Å². The highest BCUT2D eigenvalue weighted by molar-refractivity contribution is 7.07. The molecular formula is C29H26N2O5S. The largest absolute Gasteiger partial charge is 0.497 e. The summed E-state index contributed by atoms with van der Waals surface area (Å²) < 4.78 is 18.3. The molecule has 0 N–H and O–H groups in total. The van der Waals surface area contributed by atoms with Crippen LogP contribution in [0.2, 0.25) is 0 Å². The van der Waals surface area contributed by atoms with Crippen molar-refractivity contribution in [1.82, 2.24) is 4.57 Å². The number of benzene rings is 3. The summed E-state index contributed by atoms with van der Waals surface area (Å²) in [7, 11) is 3.16. The minimum Gasteiger partial charge on any atom is -0.497 e. The third kappa shape index (κ3) is 4.34. The van der Waals surface area contributed by atoms with Crippen molar-refractivity contribution in [3.8, 4) is 11.5 Å². The summed E-state index contributed by atoms with van der Waals surface area (Å²) in [6.07, 6.45) is 1.78. The zero-order valence-corrected chi connectivity index (χ0v) is 21.8. The van der Waals surface area contributed by atoms with Crippen LogP contribution in [-0.2, 0) is 9.53 Å². The number of nitrogens with zero attached hydrogens (tertiary/aromatic N) is 2. The fourth-order valence-electron chi connectivity index (χ4n) is 4.65. The molecule has 8 heteroatoms. The summed E-state index contributed by atoms with van der Waals surface area (Å²) in [6.45, 7) is 3.77. The van der Waals surface area contributed by atoms with Crippen LogP contribution in [0.25, 0.3) is 16.8 Å². The van der Waals surface area contributed by atoms with E-state index in [2.05, 4.69) is 4.99 Å². The van der Waals surface area contributed by atoms with E-state index in [1.807, 2.05) is 54.6 Å². The summed E-state index contributed by atoms with van der Waals surface area (Å²) >= 11 is 1.28. The van der Waals surface area contributed by atoms with Crippen LogP contribution in [0.1, 0.15) is 31.0 Å². The third-order valence-electron chi connectivity index (χ3n) is 6.36. The van der Waals surface area contributed by atoms with Crippen LogP contribution in [0, 0.1) is 0 Å². The fourth-order valence-corrected chi connectivity index (χ4v) is 5.69. The van der Waals surface area contributed by atoms with Gasteiger partial charge < -0.3 is 14.2 Å². The Kier molecular flexibility index (Phi) is 6.67. The second-order valence-electron chi connectivity index (χ2n) is 8.48. The van der Waals surface area contributed by atoms with Crippen LogP contribution >= 0.6 is 11.3 Å². The van der Waals surface area contributed by atoms with Crippen LogP contribution in [0.3, 0.4) is 0 Å². The molecule has 1 aromatic heterocycles. The Morgan fingerprint density at radius 1 is 1.08 bits per heavy atom. The van der Waals surface area contributed by atoms with E-state index in [4.69, 9.17) is 14.2 Å². The Morgan fingerprint density at radius 3 is 2.62 bits per heavy atom. The second kappa shape index (κ2) is 10.1. The molecular weight excluding hydrogens is 488 g/mol. The monoisotopic (exact) mass is 514 g/mol. The number of thiazole rings is 1. The fraction of sp³-hybridized carbons (Fsp3) is 0.207. The van der Waals surface area contributed by atoms with Gasteiger partial charge in [0, 0.05) is 11.6 Å². The lowest BCUT2D eigenvalue weighted by molar-refractivity contribution is -0.139. The van der Waals surface area contributed by atoms with Gasteiger partial charge >= 0.3 is 5.97 Å². The van der Waals surface area contributed by atoms with Crippen molar-refractivity contribution in [2.24, 2.45) is 4.99 Å². The molecule has 0 fully saturated rings. The quantitative estimate of drug-likeness (QED) is 0.364. The van der Waals surface area contributed by atoms with Crippen LogP contribution in [0.4, 0.5) is 0 Å². The Balaban J connectivity index is 1.78. The first-order valence-electron chi connectivity index (χ1n) is 11.9. The maximum atomic E-state index is 13.9. The maximum Gasteiger partial charge on any atom is 0.338 e. The lowest BCUT2D eigenvalue weighted by atomic mass is 9.91. The van der Waals surface area contributed by atoms with E-state index in [9.17, 15) is 9.59 Å². The predicted molar refractivity (Wildman–Crippen MR) is 144 cm³/mol. The number of rotatable bonds is 6. The number of hydrogen-bond donors (Lipinski definition) is 0. The summed E-state index contributed by atoms with van der Waals surface area (Å²) in [4.78, 5) is 32.3. The number of allylic oxidation sites excluding steroid dienone is 1. The zero-order chi connectivity index (χ0) is 26.1. The van der Waals surface area contributed by atoms with Crippen LogP contribution < -0.4 is 24.4 Å².